The predicted octanol–water partition coefficient (Wildman–Crippen LogP) is 5.81. The normalized spacial score (nSPS) is 16.7. The van der Waals surface area contributed by atoms with Crippen molar-refractivity contribution in [2.45, 2.75) is 56.9 Å². The number of nitrogens with zero attached hydrogens (tertiary/aromatic N) is 1. The molecule has 0 radical (unpaired) electrons. The Hall–Kier alpha value is -2.87. The van der Waals surface area contributed by atoms with Crippen molar-refractivity contribution < 1.29 is 22.5 Å². The molecule has 1 aliphatic rings. The van der Waals surface area contributed by atoms with E-state index in [1.807, 2.05) is 50.2 Å². The lowest BCUT2D eigenvalue weighted by Crippen LogP contribution is -2.27. The van der Waals surface area contributed by atoms with E-state index >= 15 is 0 Å². The summed E-state index contributed by atoms with van der Waals surface area (Å²) in [7, 11) is -0.998. The highest BCUT2D eigenvalue weighted by Gasteiger charge is 2.35. The maximum absolute atomic E-state index is 13.4. The second-order valence-electron chi connectivity index (χ2n) is 9.08. The summed E-state index contributed by atoms with van der Waals surface area (Å²) in [5, 5.41) is 4.54. The van der Waals surface area contributed by atoms with Gasteiger partial charge in [-0.25, -0.2) is 13.8 Å². The van der Waals surface area contributed by atoms with Crippen molar-refractivity contribution in [3.8, 4) is 5.88 Å². The number of halogens is 2. The number of aryl methyl sites for hydroxylation is 1. The number of carbonyl (C=O) groups excluding carboxylic acids is 1. The van der Waals surface area contributed by atoms with E-state index in [0.717, 1.165) is 26.9 Å². The first-order valence-corrected chi connectivity index (χ1v) is 13.2. The summed E-state index contributed by atoms with van der Waals surface area (Å²) >= 11 is 0. The first-order chi connectivity index (χ1) is 16.7. The summed E-state index contributed by atoms with van der Waals surface area (Å²) in [5.41, 5.74) is 2.20. The fraction of sp³-hybridized carbons (Fsp3) is 0.407. The second-order valence-corrected chi connectivity index (χ2v) is 10.8. The van der Waals surface area contributed by atoms with Gasteiger partial charge in [0, 0.05) is 46.7 Å². The van der Waals surface area contributed by atoms with Crippen molar-refractivity contribution in [3.63, 3.8) is 0 Å². The molecule has 1 fully saturated rings. The molecule has 5 nitrogen and oxygen atoms in total. The largest absolute Gasteiger partial charge is 0.477 e. The number of fused-ring (bicyclic) bond motifs is 1. The Morgan fingerprint density at radius 1 is 1.14 bits per heavy atom. The van der Waals surface area contributed by atoms with Crippen molar-refractivity contribution in [2.75, 3.05) is 12.4 Å². The lowest BCUT2D eigenvalue weighted by Gasteiger charge is -2.28. The lowest BCUT2D eigenvalue weighted by molar-refractivity contribution is -0.0499. The van der Waals surface area contributed by atoms with Crippen LogP contribution in [-0.4, -0.2) is 33.4 Å². The van der Waals surface area contributed by atoms with Gasteiger partial charge in [0.15, 0.2) is 0 Å². The molecule has 1 atom stereocenters. The third-order valence-electron chi connectivity index (χ3n) is 6.38. The van der Waals surface area contributed by atoms with Crippen LogP contribution in [0.25, 0.3) is 10.8 Å². The lowest BCUT2D eigenvalue weighted by atomic mass is 9.87. The molecule has 1 saturated carbocycles. The Balaban J connectivity index is 1.41. The number of amides is 1. The Labute approximate surface area is 206 Å². The molecule has 2 aromatic carbocycles. The van der Waals surface area contributed by atoms with E-state index in [9.17, 15) is 17.8 Å². The Bertz CT molecular complexity index is 1220. The van der Waals surface area contributed by atoms with Crippen LogP contribution in [0, 0.1) is 12.8 Å². The molecule has 3 aromatic rings. The number of pyridine rings is 1. The molecule has 0 saturated heterocycles. The van der Waals surface area contributed by atoms with Gasteiger partial charge in [0.1, 0.15) is 0 Å². The third-order valence-corrected chi connectivity index (χ3v) is 7.70. The summed E-state index contributed by atoms with van der Waals surface area (Å²) in [6, 6.07) is 14.6. The number of rotatable bonds is 8. The monoisotopic (exact) mass is 500 g/mol. The number of aromatic nitrogens is 1. The Kier molecular flexibility index (Phi) is 7.79. The number of hydrogen-bond donors (Lipinski definition) is 1. The predicted molar refractivity (Wildman–Crippen MR) is 133 cm³/mol. The van der Waals surface area contributed by atoms with Gasteiger partial charge >= 0.3 is 0 Å². The van der Waals surface area contributed by atoms with Gasteiger partial charge in [0.05, 0.1) is 17.4 Å². The van der Waals surface area contributed by atoms with Crippen LogP contribution < -0.4 is 10.1 Å². The van der Waals surface area contributed by atoms with Crippen LogP contribution >= 0.6 is 0 Å². The molecule has 0 aliphatic heterocycles. The van der Waals surface area contributed by atoms with Crippen molar-refractivity contribution in [2.24, 2.45) is 5.92 Å². The van der Waals surface area contributed by atoms with Gasteiger partial charge in [-0.05, 0) is 73.0 Å². The summed E-state index contributed by atoms with van der Waals surface area (Å²) in [4.78, 5) is 18.0. The van der Waals surface area contributed by atoms with Gasteiger partial charge in [-0.15, -0.1) is 0 Å². The highest BCUT2D eigenvalue weighted by molar-refractivity contribution is 7.85. The van der Waals surface area contributed by atoms with E-state index in [0.29, 0.717) is 43.2 Å². The van der Waals surface area contributed by atoms with Gasteiger partial charge in [0.2, 0.25) is 11.8 Å². The standard InChI is InChI=1S/C27H30F2N2O3S/c1-3-35(33)23-7-4-19(5-8-23)16-30-25(32)21-6-9-24-22(15-21)14-18(2)31-26(24)34-17-20-10-12-27(28,29)13-11-20/h4-9,14-15,20H,3,10-13,16-17H2,1-2H3,(H,30,32). The maximum Gasteiger partial charge on any atom is 0.251 e. The van der Waals surface area contributed by atoms with Crippen LogP contribution in [0.5, 0.6) is 5.88 Å². The molecule has 1 N–H and O–H groups in total. The fourth-order valence-corrected chi connectivity index (χ4v) is 5.05. The van der Waals surface area contributed by atoms with Crippen molar-refractivity contribution >= 4 is 27.5 Å². The topological polar surface area (TPSA) is 68.3 Å². The minimum absolute atomic E-state index is 0.0908. The highest BCUT2D eigenvalue weighted by Crippen LogP contribution is 2.36. The van der Waals surface area contributed by atoms with E-state index in [2.05, 4.69) is 10.3 Å². The molecular formula is C27H30F2N2O3S. The van der Waals surface area contributed by atoms with Crippen molar-refractivity contribution in [1.82, 2.24) is 10.3 Å². The van der Waals surface area contributed by atoms with Crippen LogP contribution in [0.2, 0.25) is 0 Å². The number of nitrogens with one attached hydrogen (secondary N) is 1. The summed E-state index contributed by atoms with van der Waals surface area (Å²) in [6.45, 7) is 4.45. The highest BCUT2D eigenvalue weighted by atomic mass is 32.2. The molecule has 1 amide bonds. The number of benzene rings is 2. The van der Waals surface area contributed by atoms with Gasteiger partial charge in [-0.1, -0.05) is 19.1 Å². The zero-order chi connectivity index (χ0) is 25.0. The fourth-order valence-electron chi connectivity index (χ4n) is 4.28. The maximum atomic E-state index is 13.4. The third kappa shape index (κ3) is 6.42. The van der Waals surface area contributed by atoms with Gasteiger partial charge < -0.3 is 10.1 Å². The van der Waals surface area contributed by atoms with E-state index in [1.165, 1.54) is 0 Å². The van der Waals surface area contributed by atoms with Gasteiger partial charge in [-0.2, -0.15) is 0 Å². The van der Waals surface area contributed by atoms with Crippen LogP contribution in [0.4, 0.5) is 8.78 Å². The summed E-state index contributed by atoms with van der Waals surface area (Å²) < 4.78 is 44.7. The number of alkyl halides is 2. The number of hydrogen-bond acceptors (Lipinski definition) is 4. The van der Waals surface area contributed by atoms with Crippen LogP contribution in [-0.2, 0) is 17.3 Å². The molecule has 0 spiro atoms. The molecule has 8 heteroatoms. The van der Waals surface area contributed by atoms with E-state index in [-0.39, 0.29) is 24.7 Å². The molecule has 1 unspecified atom stereocenters. The summed E-state index contributed by atoms with van der Waals surface area (Å²) in [5.74, 6) is -1.63. The molecule has 186 valence electrons. The molecular weight excluding hydrogens is 470 g/mol. The van der Waals surface area contributed by atoms with Crippen LogP contribution in [0.1, 0.15) is 54.2 Å². The second kappa shape index (κ2) is 10.8. The molecule has 0 bridgehead atoms. The smallest absolute Gasteiger partial charge is 0.251 e. The average molecular weight is 501 g/mol. The van der Waals surface area contributed by atoms with Crippen molar-refractivity contribution in [1.29, 1.82) is 0 Å². The number of carbonyl (C=O) groups is 1. The van der Waals surface area contributed by atoms with E-state index in [1.54, 1.807) is 12.1 Å². The zero-order valence-electron chi connectivity index (χ0n) is 20.0. The van der Waals surface area contributed by atoms with Gasteiger partial charge in [0.25, 0.3) is 5.91 Å². The first kappa shape index (κ1) is 25.2. The van der Waals surface area contributed by atoms with E-state index in [4.69, 9.17) is 4.74 Å². The molecule has 4 rings (SSSR count). The molecule has 1 aromatic heterocycles. The first-order valence-electron chi connectivity index (χ1n) is 11.9. The van der Waals surface area contributed by atoms with Crippen LogP contribution in [0.3, 0.4) is 0 Å². The quantitative estimate of drug-likeness (QED) is 0.424. The SMILES string of the molecule is CCS(=O)c1ccc(CNC(=O)c2ccc3c(OCC4CCC(F)(F)CC4)nc(C)cc3c2)cc1. The number of ether oxygens (including phenoxy) is 1. The molecule has 1 aliphatic carbocycles. The van der Waals surface area contributed by atoms with Gasteiger partial charge in [-0.3, -0.25) is 9.00 Å². The zero-order valence-corrected chi connectivity index (χ0v) is 20.8. The summed E-state index contributed by atoms with van der Waals surface area (Å²) in [6.07, 6.45) is 0.703. The molecule has 35 heavy (non-hydrogen) atoms. The average Bonchev–Trinajstić information content (AvgIpc) is 2.85. The van der Waals surface area contributed by atoms with Crippen LogP contribution in [0.15, 0.2) is 53.4 Å². The van der Waals surface area contributed by atoms with Crippen molar-refractivity contribution in [3.05, 3.63) is 65.4 Å². The molecule has 1 heterocycles. The minimum atomic E-state index is -2.56. The minimum Gasteiger partial charge on any atom is -0.477 e. The van der Waals surface area contributed by atoms with E-state index < -0.39 is 16.7 Å². The Morgan fingerprint density at radius 3 is 2.54 bits per heavy atom. The Morgan fingerprint density at radius 2 is 1.86 bits per heavy atom.